The van der Waals surface area contributed by atoms with E-state index in [1.54, 1.807) is 18.2 Å². The molecule has 0 bridgehead atoms. The number of carbonyl (C=O) groups is 1. The second-order valence-corrected chi connectivity index (χ2v) is 9.69. The molecule has 0 saturated heterocycles. The van der Waals surface area contributed by atoms with Crippen LogP contribution in [-0.4, -0.2) is 25.9 Å². The molecule has 158 valence electrons. The molecule has 1 aromatic heterocycles. The van der Waals surface area contributed by atoms with Gasteiger partial charge in [0, 0.05) is 11.0 Å². The summed E-state index contributed by atoms with van der Waals surface area (Å²) in [4.78, 5) is 12.7. The smallest absolute Gasteiger partial charge is 0.237 e. The lowest BCUT2D eigenvalue weighted by Gasteiger charge is -2.16. The molecule has 5 nitrogen and oxygen atoms in total. The van der Waals surface area contributed by atoms with Crippen LogP contribution in [0.3, 0.4) is 0 Å². The van der Waals surface area contributed by atoms with E-state index in [9.17, 15) is 9.18 Å². The minimum absolute atomic E-state index is 0.143. The Kier molecular flexibility index (Phi) is 7.31. The van der Waals surface area contributed by atoms with Gasteiger partial charge in [0.15, 0.2) is 11.0 Å². The Bertz CT molecular complexity index is 1050. The molecule has 0 saturated carbocycles. The number of benzene rings is 2. The first-order valence-electron chi connectivity index (χ1n) is 9.68. The summed E-state index contributed by atoms with van der Waals surface area (Å²) in [7, 11) is 0. The Morgan fingerprint density at radius 2 is 1.93 bits per heavy atom. The van der Waals surface area contributed by atoms with Gasteiger partial charge in [0.1, 0.15) is 5.82 Å². The number of halogens is 2. The van der Waals surface area contributed by atoms with E-state index in [4.69, 9.17) is 0 Å². The van der Waals surface area contributed by atoms with Crippen LogP contribution >= 0.6 is 27.7 Å². The Hall–Kier alpha value is -2.19. The second kappa shape index (κ2) is 9.75. The summed E-state index contributed by atoms with van der Waals surface area (Å²) in [5, 5.41) is 11.6. The molecule has 0 aliphatic carbocycles. The van der Waals surface area contributed by atoms with Gasteiger partial charge < -0.3 is 9.88 Å². The molecule has 1 N–H and O–H groups in total. The maximum Gasteiger partial charge on any atom is 0.237 e. The molecule has 3 rings (SSSR count). The highest BCUT2D eigenvalue weighted by atomic mass is 79.9. The van der Waals surface area contributed by atoms with Crippen LogP contribution < -0.4 is 5.32 Å². The Labute approximate surface area is 188 Å². The van der Waals surface area contributed by atoms with Crippen LogP contribution in [0.5, 0.6) is 0 Å². The first kappa shape index (κ1) is 22.5. The number of carbonyl (C=O) groups excluding carboxylic acids is 1. The summed E-state index contributed by atoms with van der Waals surface area (Å²) < 4.78 is 17.1. The van der Waals surface area contributed by atoms with Crippen molar-refractivity contribution in [2.45, 2.75) is 44.6 Å². The van der Waals surface area contributed by atoms with Crippen LogP contribution in [0.15, 0.2) is 52.1 Å². The van der Waals surface area contributed by atoms with Crippen molar-refractivity contribution in [2.75, 3.05) is 5.32 Å². The fourth-order valence-electron chi connectivity index (χ4n) is 2.91. The highest BCUT2D eigenvalue weighted by molar-refractivity contribution is 9.10. The van der Waals surface area contributed by atoms with Gasteiger partial charge in [-0.15, -0.1) is 10.2 Å². The molecular formula is C22H24BrFN4OS. The summed E-state index contributed by atoms with van der Waals surface area (Å²) in [5.74, 6) is 0.286. The summed E-state index contributed by atoms with van der Waals surface area (Å²) in [6, 6.07) is 12.3. The molecule has 0 radical (unpaired) electrons. The number of thioether (sulfide) groups is 1. The van der Waals surface area contributed by atoms with Gasteiger partial charge in [-0.1, -0.05) is 43.8 Å². The third-order valence-electron chi connectivity index (χ3n) is 4.41. The predicted molar refractivity (Wildman–Crippen MR) is 123 cm³/mol. The van der Waals surface area contributed by atoms with Crippen LogP contribution in [-0.2, 0) is 11.3 Å². The molecule has 3 aromatic rings. The number of aryl methyl sites for hydroxylation is 1. The van der Waals surface area contributed by atoms with Crippen LogP contribution in [0.2, 0.25) is 0 Å². The van der Waals surface area contributed by atoms with Crippen LogP contribution in [0, 0.1) is 18.7 Å². The minimum Gasteiger partial charge on any atom is -0.324 e. The largest absolute Gasteiger partial charge is 0.324 e. The Morgan fingerprint density at radius 1 is 1.20 bits per heavy atom. The van der Waals surface area contributed by atoms with Gasteiger partial charge in [-0.05, 0) is 65.5 Å². The first-order valence-corrected chi connectivity index (χ1v) is 11.3. The molecule has 2 aromatic carbocycles. The normalized spacial score (nSPS) is 12.2. The third-order valence-corrected chi connectivity index (χ3v) is 6.15. The van der Waals surface area contributed by atoms with E-state index in [-0.39, 0.29) is 11.7 Å². The standard InChI is InChI=1S/C22H24BrFN4OS/c1-13(2)12-28-20(16-7-5-6-8-18(16)24)26-27-22(28)30-15(4)21(29)25-19-10-9-14(3)11-17(19)23/h5-11,13,15H,12H2,1-4H3,(H,25,29). The van der Waals surface area contributed by atoms with E-state index in [1.165, 1.54) is 17.8 Å². The van der Waals surface area contributed by atoms with E-state index >= 15 is 0 Å². The average Bonchev–Trinajstić information content (AvgIpc) is 3.05. The number of nitrogens with zero attached hydrogens (tertiary/aromatic N) is 3. The number of rotatable bonds is 7. The van der Waals surface area contributed by atoms with Gasteiger partial charge in [-0.25, -0.2) is 4.39 Å². The monoisotopic (exact) mass is 490 g/mol. The summed E-state index contributed by atoms with van der Waals surface area (Å²) in [6.45, 7) is 8.58. The van der Waals surface area contributed by atoms with Gasteiger partial charge in [-0.2, -0.15) is 0 Å². The average molecular weight is 491 g/mol. The number of hydrogen-bond donors (Lipinski definition) is 1. The number of anilines is 1. The van der Waals surface area contributed by atoms with Crippen molar-refractivity contribution in [1.29, 1.82) is 0 Å². The van der Waals surface area contributed by atoms with Crippen molar-refractivity contribution in [3.05, 3.63) is 58.3 Å². The lowest BCUT2D eigenvalue weighted by molar-refractivity contribution is -0.115. The lowest BCUT2D eigenvalue weighted by Crippen LogP contribution is -2.23. The van der Waals surface area contributed by atoms with Crippen LogP contribution in [0.4, 0.5) is 10.1 Å². The molecular weight excluding hydrogens is 467 g/mol. The van der Waals surface area contributed by atoms with Crippen LogP contribution in [0.25, 0.3) is 11.4 Å². The van der Waals surface area contributed by atoms with Crippen molar-refractivity contribution in [2.24, 2.45) is 5.92 Å². The maximum atomic E-state index is 14.3. The van der Waals surface area contributed by atoms with Crippen LogP contribution in [0.1, 0.15) is 26.3 Å². The summed E-state index contributed by atoms with van der Waals surface area (Å²) >= 11 is 4.79. The summed E-state index contributed by atoms with van der Waals surface area (Å²) in [6.07, 6.45) is 0. The lowest BCUT2D eigenvalue weighted by atomic mass is 10.2. The van der Waals surface area contributed by atoms with Gasteiger partial charge in [0.25, 0.3) is 0 Å². The van der Waals surface area contributed by atoms with E-state index in [0.717, 1.165) is 10.0 Å². The van der Waals surface area contributed by atoms with E-state index in [2.05, 4.69) is 45.3 Å². The van der Waals surface area contributed by atoms with E-state index in [1.807, 2.05) is 36.6 Å². The van der Waals surface area contributed by atoms with Gasteiger partial charge >= 0.3 is 0 Å². The molecule has 8 heteroatoms. The number of aromatic nitrogens is 3. The Balaban J connectivity index is 1.83. The molecule has 1 amide bonds. The first-order chi connectivity index (χ1) is 14.3. The molecule has 0 aliphatic rings. The van der Waals surface area contributed by atoms with Gasteiger partial charge in [-0.3, -0.25) is 4.79 Å². The SMILES string of the molecule is Cc1ccc(NC(=O)C(C)Sc2nnc(-c3ccccc3F)n2CC(C)C)c(Br)c1. The van der Waals surface area contributed by atoms with Crippen molar-refractivity contribution in [3.63, 3.8) is 0 Å². The number of hydrogen-bond acceptors (Lipinski definition) is 4. The quantitative estimate of drug-likeness (QED) is 0.416. The fourth-order valence-corrected chi connectivity index (χ4v) is 4.37. The molecule has 0 fully saturated rings. The zero-order valence-electron chi connectivity index (χ0n) is 17.3. The molecule has 1 atom stereocenters. The van der Waals surface area contributed by atoms with Crippen molar-refractivity contribution < 1.29 is 9.18 Å². The third kappa shape index (κ3) is 5.29. The highest BCUT2D eigenvalue weighted by Gasteiger charge is 2.23. The van der Waals surface area contributed by atoms with Gasteiger partial charge in [0.05, 0.1) is 16.5 Å². The van der Waals surface area contributed by atoms with Crippen molar-refractivity contribution >= 4 is 39.3 Å². The molecule has 1 unspecified atom stereocenters. The number of amides is 1. The molecule has 0 spiro atoms. The molecule has 0 aliphatic heterocycles. The Morgan fingerprint density at radius 3 is 2.60 bits per heavy atom. The second-order valence-electron chi connectivity index (χ2n) is 7.52. The van der Waals surface area contributed by atoms with E-state index < -0.39 is 5.25 Å². The zero-order chi connectivity index (χ0) is 21.8. The highest BCUT2D eigenvalue weighted by Crippen LogP contribution is 2.30. The van der Waals surface area contributed by atoms with Gasteiger partial charge in [0.2, 0.25) is 5.91 Å². The van der Waals surface area contributed by atoms with E-state index in [0.29, 0.717) is 34.7 Å². The van der Waals surface area contributed by atoms with Crippen molar-refractivity contribution in [3.8, 4) is 11.4 Å². The maximum absolute atomic E-state index is 14.3. The van der Waals surface area contributed by atoms with Crippen molar-refractivity contribution in [1.82, 2.24) is 14.8 Å². The fraction of sp³-hybridized carbons (Fsp3) is 0.318. The number of nitrogens with one attached hydrogen (secondary N) is 1. The molecule has 30 heavy (non-hydrogen) atoms. The summed E-state index contributed by atoms with van der Waals surface area (Å²) in [5.41, 5.74) is 2.22. The zero-order valence-corrected chi connectivity index (χ0v) is 19.7. The minimum atomic E-state index is -0.415. The predicted octanol–water partition coefficient (Wildman–Crippen LogP) is 5.93. The topological polar surface area (TPSA) is 59.8 Å². The molecule has 1 heterocycles.